The van der Waals surface area contributed by atoms with Gasteiger partial charge in [-0.1, -0.05) is 23.2 Å². The predicted molar refractivity (Wildman–Crippen MR) is 52.7 cm³/mol. The van der Waals surface area contributed by atoms with E-state index in [1.165, 1.54) is 0 Å². The minimum absolute atomic E-state index is 0.202. The summed E-state index contributed by atoms with van der Waals surface area (Å²) in [5.74, 6) is -7.22. The van der Waals surface area contributed by atoms with Crippen LogP contribution < -0.4 is 0 Å². The molecular formula is C9H5Cl2F3O2. The minimum atomic E-state index is -4.00. The lowest BCUT2D eigenvalue weighted by molar-refractivity contribution is -0.164. The Balaban J connectivity index is 3.07. The van der Waals surface area contributed by atoms with Gasteiger partial charge >= 0.3 is 11.9 Å². The topological polar surface area (TPSA) is 37.3 Å². The summed E-state index contributed by atoms with van der Waals surface area (Å²) < 4.78 is 38.6. The predicted octanol–water partition coefficient (Wildman–Crippen LogP) is 3.39. The van der Waals surface area contributed by atoms with Gasteiger partial charge in [-0.2, -0.15) is 8.78 Å². The molecule has 0 heterocycles. The van der Waals surface area contributed by atoms with E-state index < -0.39 is 24.1 Å². The standard InChI is InChI=1S/C9H5Cl2F3O2/c10-5-2-6(11)7(12)1-4(5)3-9(13,14)8(15)16/h1-2H,3H2,(H,15,16). The largest absolute Gasteiger partial charge is 0.477 e. The molecule has 16 heavy (non-hydrogen) atoms. The molecule has 0 atom stereocenters. The fourth-order valence-corrected chi connectivity index (χ4v) is 1.46. The number of carbonyl (C=O) groups is 1. The molecule has 0 amide bonds. The number of hydrogen-bond acceptors (Lipinski definition) is 1. The molecule has 1 aromatic rings. The number of carboxylic acid groups (broad SMARTS) is 1. The summed E-state index contributed by atoms with van der Waals surface area (Å²) in [5, 5.41) is 7.69. The van der Waals surface area contributed by atoms with Crippen LogP contribution in [0.15, 0.2) is 12.1 Å². The summed E-state index contributed by atoms with van der Waals surface area (Å²) in [7, 11) is 0. The third kappa shape index (κ3) is 2.80. The molecule has 0 fully saturated rings. The molecule has 1 aromatic carbocycles. The summed E-state index contributed by atoms with van der Waals surface area (Å²) in [6.07, 6.45) is -1.19. The van der Waals surface area contributed by atoms with Gasteiger partial charge in [-0.25, -0.2) is 9.18 Å². The van der Waals surface area contributed by atoms with E-state index in [0.717, 1.165) is 6.07 Å². The molecule has 0 radical (unpaired) electrons. The summed E-state index contributed by atoms with van der Waals surface area (Å²) >= 11 is 10.9. The second kappa shape index (κ2) is 4.51. The van der Waals surface area contributed by atoms with Crippen LogP contribution in [0.4, 0.5) is 13.2 Å². The Kier molecular flexibility index (Phi) is 3.70. The molecule has 1 rings (SSSR count). The van der Waals surface area contributed by atoms with Gasteiger partial charge in [0.1, 0.15) is 5.82 Å². The van der Waals surface area contributed by atoms with E-state index in [2.05, 4.69) is 0 Å². The van der Waals surface area contributed by atoms with E-state index in [4.69, 9.17) is 28.3 Å². The molecular weight excluding hydrogens is 268 g/mol. The lowest BCUT2D eigenvalue weighted by atomic mass is 10.1. The second-order valence-electron chi connectivity index (χ2n) is 3.04. The van der Waals surface area contributed by atoms with Crippen LogP contribution in [0.5, 0.6) is 0 Å². The van der Waals surface area contributed by atoms with E-state index in [1.54, 1.807) is 0 Å². The number of carboxylic acids is 1. The Bertz CT molecular complexity index is 435. The molecule has 0 aliphatic rings. The van der Waals surface area contributed by atoms with Crippen molar-refractivity contribution in [2.75, 3.05) is 0 Å². The minimum Gasteiger partial charge on any atom is -0.477 e. The first-order chi connectivity index (χ1) is 7.24. The van der Waals surface area contributed by atoms with E-state index in [1.807, 2.05) is 0 Å². The van der Waals surface area contributed by atoms with Gasteiger partial charge in [-0.05, 0) is 17.7 Å². The molecule has 0 bridgehead atoms. The number of hydrogen-bond donors (Lipinski definition) is 1. The van der Waals surface area contributed by atoms with Gasteiger partial charge in [0.15, 0.2) is 0 Å². The smallest absolute Gasteiger partial charge is 0.374 e. The maximum absolute atomic E-state index is 13.0. The number of alkyl halides is 2. The average molecular weight is 273 g/mol. The van der Waals surface area contributed by atoms with Gasteiger partial charge in [-0.3, -0.25) is 0 Å². The average Bonchev–Trinajstić information content (AvgIpc) is 2.13. The molecule has 0 aliphatic heterocycles. The maximum atomic E-state index is 13.0. The van der Waals surface area contributed by atoms with Crippen molar-refractivity contribution in [2.45, 2.75) is 12.3 Å². The van der Waals surface area contributed by atoms with Gasteiger partial charge in [0.25, 0.3) is 0 Å². The van der Waals surface area contributed by atoms with Crippen molar-refractivity contribution in [3.63, 3.8) is 0 Å². The molecule has 0 aliphatic carbocycles. The first-order valence-electron chi connectivity index (χ1n) is 3.98. The van der Waals surface area contributed by atoms with Crippen LogP contribution in [0.2, 0.25) is 10.0 Å². The second-order valence-corrected chi connectivity index (χ2v) is 3.86. The van der Waals surface area contributed by atoms with E-state index in [-0.39, 0.29) is 15.6 Å². The first kappa shape index (κ1) is 13.1. The fourth-order valence-electron chi connectivity index (χ4n) is 1.01. The molecule has 0 saturated heterocycles. The zero-order valence-corrected chi connectivity index (χ0v) is 9.12. The number of aliphatic carboxylic acids is 1. The Morgan fingerprint density at radius 1 is 1.31 bits per heavy atom. The Labute approximate surface area is 98.6 Å². The van der Waals surface area contributed by atoms with Crippen molar-refractivity contribution in [3.8, 4) is 0 Å². The van der Waals surface area contributed by atoms with Gasteiger partial charge in [-0.15, -0.1) is 0 Å². The van der Waals surface area contributed by atoms with Crippen LogP contribution in [0, 0.1) is 5.82 Å². The van der Waals surface area contributed by atoms with Crippen LogP contribution in [-0.4, -0.2) is 17.0 Å². The van der Waals surface area contributed by atoms with Crippen LogP contribution in [0.3, 0.4) is 0 Å². The highest BCUT2D eigenvalue weighted by atomic mass is 35.5. The van der Waals surface area contributed by atoms with Crippen LogP contribution in [-0.2, 0) is 11.2 Å². The van der Waals surface area contributed by atoms with E-state index >= 15 is 0 Å². The number of halogens is 5. The van der Waals surface area contributed by atoms with E-state index in [9.17, 15) is 18.0 Å². The molecule has 0 spiro atoms. The maximum Gasteiger partial charge on any atom is 0.374 e. The van der Waals surface area contributed by atoms with Crippen LogP contribution in [0.25, 0.3) is 0 Å². The molecule has 88 valence electrons. The highest BCUT2D eigenvalue weighted by Gasteiger charge is 2.39. The van der Waals surface area contributed by atoms with Crippen molar-refractivity contribution in [1.82, 2.24) is 0 Å². The lowest BCUT2D eigenvalue weighted by Gasteiger charge is -2.12. The Hall–Kier alpha value is -0.940. The zero-order valence-electron chi connectivity index (χ0n) is 7.61. The van der Waals surface area contributed by atoms with Gasteiger partial charge in [0.05, 0.1) is 5.02 Å². The van der Waals surface area contributed by atoms with E-state index in [0.29, 0.717) is 6.07 Å². The Morgan fingerprint density at radius 3 is 2.38 bits per heavy atom. The van der Waals surface area contributed by atoms with Crippen LogP contribution in [0.1, 0.15) is 5.56 Å². The molecule has 1 N–H and O–H groups in total. The summed E-state index contributed by atoms with van der Waals surface area (Å²) in [4.78, 5) is 10.2. The summed E-state index contributed by atoms with van der Waals surface area (Å²) in [6.45, 7) is 0. The van der Waals surface area contributed by atoms with Crippen molar-refractivity contribution in [3.05, 3.63) is 33.6 Å². The molecule has 0 aromatic heterocycles. The van der Waals surface area contributed by atoms with Crippen molar-refractivity contribution in [1.29, 1.82) is 0 Å². The normalized spacial score (nSPS) is 11.6. The third-order valence-corrected chi connectivity index (χ3v) is 2.46. The van der Waals surface area contributed by atoms with Crippen molar-refractivity contribution in [2.24, 2.45) is 0 Å². The number of benzene rings is 1. The monoisotopic (exact) mass is 272 g/mol. The Morgan fingerprint density at radius 2 is 1.88 bits per heavy atom. The fraction of sp³-hybridized carbons (Fsp3) is 0.222. The summed E-state index contributed by atoms with van der Waals surface area (Å²) in [6, 6.07) is 1.65. The molecule has 2 nitrogen and oxygen atoms in total. The van der Waals surface area contributed by atoms with Gasteiger partial charge < -0.3 is 5.11 Å². The SMILES string of the molecule is O=C(O)C(F)(F)Cc1cc(F)c(Cl)cc1Cl. The first-order valence-corrected chi connectivity index (χ1v) is 4.74. The lowest BCUT2D eigenvalue weighted by Crippen LogP contribution is -2.30. The van der Waals surface area contributed by atoms with Crippen LogP contribution >= 0.6 is 23.2 Å². The highest BCUT2D eigenvalue weighted by molar-refractivity contribution is 6.35. The zero-order chi connectivity index (χ0) is 12.5. The van der Waals surface area contributed by atoms with Gasteiger partial charge in [0, 0.05) is 11.4 Å². The highest BCUT2D eigenvalue weighted by Crippen LogP contribution is 2.29. The van der Waals surface area contributed by atoms with Crippen molar-refractivity contribution >= 4 is 29.2 Å². The molecule has 7 heteroatoms. The van der Waals surface area contributed by atoms with Crippen molar-refractivity contribution < 1.29 is 23.1 Å². The quantitative estimate of drug-likeness (QED) is 0.857. The third-order valence-electron chi connectivity index (χ3n) is 1.81. The molecule has 0 saturated carbocycles. The number of rotatable bonds is 3. The summed E-state index contributed by atoms with van der Waals surface area (Å²) in [5.41, 5.74) is -0.309. The molecule has 0 unspecified atom stereocenters. The van der Waals surface area contributed by atoms with Gasteiger partial charge in [0.2, 0.25) is 0 Å².